The number of amides is 1. The first kappa shape index (κ1) is 23.1. The summed E-state index contributed by atoms with van der Waals surface area (Å²) in [5, 5.41) is 0. The molecular formula is C22H26F3N5O3. The van der Waals surface area contributed by atoms with Crippen molar-refractivity contribution in [1.82, 2.24) is 19.9 Å². The molecule has 2 fully saturated rings. The number of aromatic amines is 1. The minimum absolute atomic E-state index is 0.0402. The fourth-order valence-corrected chi connectivity index (χ4v) is 4.19. The Morgan fingerprint density at radius 1 is 1.18 bits per heavy atom. The van der Waals surface area contributed by atoms with E-state index in [9.17, 15) is 22.8 Å². The van der Waals surface area contributed by atoms with Crippen LogP contribution in [0.25, 0.3) is 0 Å². The number of anilines is 1. The van der Waals surface area contributed by atoms with Crippen LogP contribution in [-0.2, 0) is 17.3 Å². The second-order valence-electron chi connectivity index (χ2n) is 8.71. The average molecular weight is 465 g/mol. The summed E-state index contributed by atoms with van der Waals surface area (Å²) in [5.74, 6) is 1.21. The summed E-state index contributed by atoms with van der Waals surface area (Å²) >= 11 is 0. The van der Waals surface area contributed by atoms with E-state index in [0.717, 1.165) is 11.6 Å². The van der Waals surface area contributed by atoms with E-state index in [1.165, 1.54) is 19.0 Å². The molecule has 0 radical (unpaired) electrons. The number of aromatic nitrogens is 3. The molecule has 1 N–H and O–H groups in total. The van der Waals surface area contributed by atoms with Crippen molar-refractivity contribution in [1.29, 1.82) is 0 Å². The van der Waals surface area contributed by atoms with Crippen molar-refractivity contribution < 1.29 is 22.7 Å². The van der Waals surface area contributed by atoms with Crippen LogP contribution in [0.1, 0.15) is 49.3 Å². The molecule has 0 bridgehead atoms. The Kier molecular flexibility index (Phi) is 6.31. The molecule has 4 rings (SSSR count). The number of rotatable bonds is 5. The lowest BCUT2D eigenvalue weighted by Crippen LogP contribution is -2.58. The second-order valence-corrected chi connectivity index (χ2v) is 8.71. The summed E-state index contributed by atoms with van der Waals surface area (Å²) in [6.07, 6.45) is 2.10. The Labute approximate surface area is 188 Å². The lowest BCUT2D eigenvalue weighted by molar-refractivity contribution is -0.138. The van der Waals surface area contributed by atoms with E-state index in [1.807, 2.05) is 26.2 Å². The van der Waals surface area contributed by atoms with Gasteiger partial charge in [0.15, 0.2) is 0 Å². The van der Waals surface area contributed by atoms with Gasteiger partial charge in [0.2, 0.25) is 5.95 Å². The molecule has 3 heterocycles. The third-order valence-electron chi connectivity index (χ3n) is 6.00. The zero-order valence-electron chi connectivity index (χ0n) is 18.4. The fraction of sp³-hybridized carbons (Fsp3) is 0.545. The van der Waals surface area contributed by atoms with Gasteiger partial charge < -0.3 is 19.5 Å². The molecule has 2 aliphatic rings. The van der Waals surface area contributed by atoms with E-state index in [-0.39, 0.29) is 30.7 Å². The maximum absolute atomic E-state index is 12.9. The van der Waals surface area contributed by atoms with Crippen LogP contribution in [-0.4, -0.2) is 57.7 Å². The molecule has 2 aromatic heterocycles. The number of alkyl halides is 3. The highest BCUT2D eigenvalue weighted by molar-refractivity contribution is 5.68. The minimum Gasteiger partial charge on any atom is -0.449 e. The van der Waals surface area contributed by atoms with Gasteiger partial charge in [-0.3, -0.25) is 4.79 Å². The van der Waals surface area contributed by atoms with E-state index in [0.29, 0.717) is 25.0 Å². The summed E-state index contributed by atoms with van der Waals surface area (Å²) in [5.41, 5.74) is -1.08. The quantitative estimate of drug-likeness (QED) is 0.728. The molecule has 11 heteroatoms. The lowest BCUT2D eigenvalue weighted by atomic mass is 10.1. The Morgan fingerprint density at radius 3 is 2.39 bits per heavy atom. The van der Waals surface area contributed by atoms with Crippen LogP contribution in [0.5, 0.6) is 0 Å². The van der Waals surface area contributed by atoms with Crippen molar-refractivity contribution >= 4 is 12.0 Å². The third-order valence-corrected chi connectivity index (χ3v) is 6.00. The Morgan fingerprint density at radius 2 is 1.82 bits per heavy atom. The number of piperazine rings is 1. The lowest BCUT2D eigenvalue weighted by Gasteiger charge is -2.43. The van der Waals surface area contributed by atoms with Crippen LogP contribution in [0.3, 0.4) is 0 Å². The zero-order chi connectivity index (χ0) is 23.8. The molecule has 1 saturated carbocycles. The molecule has 178 valence electrons. The summed E-state index contributed by atoms with van der Waals surface area (Å²) in [4.78, 5) is 38.7. The maximum atomic E-state index is 12.9. The van der Waals surface area contributed by atoms with Gasteiger partial charge in [-0.15, -0.1) is 0 Å². The van der Waals surface area contributed by atoms with E-state index in [2.05, 4.69) is 19.9 Å². The molecule has 1 saturated heterocycles. The number of nitrogens with zero attached hydrogens (tertiary/aromatic N) is 4. The summed E-state index contributed by atoms with van der Waals surface area (Å²) in [7, 11) is 0. The standard InChI is InChI=1S/C22H26F3N5O3/c1-13-11-29(12-14(2)30(13)20-27-9-17(10-28-20)16-3-4-16)21(32)33-6-5-15-7-18(22(23,24)25)19(31)26-8-15/h7-10,13-14,16H,3-6,11-12H2,1-2H3,(H,26,31)/t13-,14-/m0/s1. The Balaban J connectivity index is 1.31. The average Bonchev–Trinajstić information content (AvgIpc) is 3.59. The molecule has 1 aliphatic heterocycles. The first-order valence-electron chi connectivity index (χ1n) is 10.9. The molecule has 1 amide bonds. The molecule has 0 aromatic carbocycles. The monoisotopic (exact) mass is 465 g/mol. The maximum Gasteiger partial charge on any atom is 0.421 e. The van der Waals surface area contributed by atoms with Crippen molar-refractivity contribution in [2.75, 3.05) is 24.6 Å². The van der Waals surface area contributed by atoms with E-state index >= 15 is 0 Å². The zero-order valence-corrected chi connectivity index (χ0v) is 18.4. The summed E-state index contributed by atoms with van der Waals surface area (Å²) in [6, 6.07) is 0.701. The van der Waals surface area contributed by atoms with Gasteiger partial charge in [0.25, 0.3) is 5.56 Å². The van der Waals surface area contributed by atoms with Crippen LogP contribution >= 0.6 is 0 Å². The molecule has 33 heavy (non-hydrogen) atoms. The highest BCUT2D eigenvalue weighted by Gasteiger charge is 2.35. The van der Waals surface area contributed by atoms with Gasteiger partial charge in [-0.25, -0.2) is 14.8 Å². The minimum atomic E-state index is -4.74. The van der Waals surface area contributed by atoms with Crippen molar-refractivity contribution in [2.24, 2.45) is 0 Å². The number of hydrogen-bond acceptors (Lipinski definition) is 6. The van der Waals surface area contributed by atoms with Gasteiger partial charge in [-0.1, -0.05) is 0 Å². The molecule has 0 spiro atoms. The van der Waals surface area contributed by atoms with Gasteiger partial charge >= 0.3 is 12.3 Å². The number of ether oxygens (including phenoxy) is 1. The fourth-order valence-electron chi connectivity index (χ4n) is 4.19. The first-order valence-corrected chi connectivity index (χ1v) is 10.9. The van der Waals surface area contributed by atoms with Gasteiger partial charge in [0.05, 0.1) is 6.61 Å². The third kappa shape index (κ3) is 5.28. The number of H-pyrrole nitrogens is 1. The molecule has 0 unspecified atom stereocenters. The van der Waals surface area contributed by atoms with Crippen molar-refractivity contribution in [2.45, 2.75) is 57.3 Å². The second kappa shape index (κ2) is 9.03. The van der Waals surface area contributed by atoms with E-state index < -0.39 is 23.4 Å². The largest absolute Gasteiger partial charge is 0.449 e. The van der Waals surface area contributed by atoms with Gasteiger partial charge in [0.1, 0.15) is 5.56 Å². The van der Waals surface area contributed by atoms with Crippen LogP contribution in [0.4, 0.5) is 23.9 Å². The van der Waals surface area contributed by atoms with E-state index in [4.69, 9.17) is 4.74 Å². The molecular weight excluding hydrogens is 439 g/mol. The summed E-state index contributed by atoms with van der Waals surface area (Å²) < 4.78 is 43.9. The van der Waals surface area contributed by atoms with Crippen molar-refractivity contribution in [3.8, 4) is 0 Å². The van der Waals surface area contributed by atoms with Gasteiger partial charge in [0, 0.05) is 50.2 Å². The van der Waals surface area contributed by atoms with Crippen molar-refractivity contribution in [3.05, 3.63) is 51.7 Å². The molecule has 8 nitrogen and oxygen atoms in total. The van der Waals surface area contributed by atoms with Crippen LogP contribution in [0.2, 0.25) is 0 Å². The number of pyridine rings is 1. The Hall–Kier alpha value is -3.11. The number of carbonyl (C=O) groups is 1. The van der Waals surface area contributed by atoms with Gasteiger partial charge in [-0.2, -0.15) is 13.2 Å². The number of hydrogen-bond donors (Lipinski definition) is 1. The predicted molar refractivity (Wildman–Crippen MR) is 114 cm³/mol. The number of halogens is 3. The SMILES string of the molecule is C[C@H]1CN(C(=O)OCCc2c[nH]c(=O)c(C(F)(F)F)c2)C[C@H](C)N1c1ncc(C2CC2)cn1. The highest BCUT2D eigenvalue weighted by atomic mass is 19.4. The highest BCUT2D eigenvalue weighted by Crippen LogP contribution is 2.39. The van der Waals surface area contributed by atoms with Gasteiger partial charge in [-0.05, 0) is 49.8 Å². The molecule has 1 aliphatic carbocycles. The smallest absolute Gasteiger partial charge is 0.421 e. The van der Waals surface area contributed by atoms with Crippen molar-refractivity contribution in [3.63, 3.8) is 0 Å². The number of nitrogens with one attached hydrogen (secondary N) is 1. The predicted octanol–water partition coefficient (Wildman–Crippen LogP) is 3.34. The summed E-state index contributed by atoms with van der Waals surface area (Å²) in [6.45, 7) is 4.68. The van der Waals surface area contributed by atoms with Crippen LogP contribution < -0.4 is 10.5 Å². The Bertz CT molecular complexity index is 1040. The molecule has 2 aromatic rings. The topological polar surface area (TPSA) is 91.4 Å². The number of carbonyl (C=O) groups excluding carboxylic acids is 1. The normalized spacial score (nSPS) is 21.2. The molecule has 2 atom stereocenters. The van der Waals surface area contributed by atoms with Crippen LogP contribution in [0.15, 0.2) is 29.5 Å². The first-order chi connectivity index (χ1) is 15.6. The van der Waals surface area contributed by atoms with Crippen LogP contribution in [0, 0.1) is 0 Å². The van der Waals surface area contributed by atoms with E-state index in [1.54, 1.807) is 4.90 Å².